The quantitative estimate of drug-likeness (QED) is 0.577. The van der Waals surface area contributed by atoms with E-state index in [9.17, 15) is 26.4 Å². The van der Waals surface area contributed by atoms with Crippen molar-refractivity contribution in [3.05, 3.63) is 23.5 Å². The van der Waals surface area contributed by atoms with Gasteiger partial charge in [-0.2, -0.15) is 13.2 Å². The number of amides is 1. The Labute approximate surface area is 196 Å². The van der Waals surface area contributed by atoms with Gasteiger partial charge in [0.2, 0.25) is 0 Å². The van der Waals surface area contributed by atoms with Crippen molar-refractivity contribution in [2.75, 3.05) is 19.1 Å². The largest absolute Gasteiger partial charge is 0.481 e. The van der Waals surface area contributed by atoms with Gasteiger partial charge in [0.15, 0.2) is 18.2 Å². The van der Waals surface area contributed by atoms with Crippen LogP contribution in [0.4, 0.5) is 13.2 Å². The maximum Gasteiger partial charge on any atom is 0.425 e. The van der Waals surface area contributed by atoms with Crippen LogP contribution in [-0.4, -0.2) is 73.1 Å². The molecule has 13 heteroatoms. The zero-order chi connectivity index (χ0) is 25.5. The van der Waals surface area contributed by atoms with Gasteiger partial charge in [-0.1, -0.05) is 11.6 Å². The standard InChI is InChI=1S/C21H29F3N4O5S/c1-12(21(22,23)24)32-17-9-16(25-10-15(17)14-7-6-8-14)18(29)26-20(3,11-34(5,30)31)19-27-33-13(2)28(19)4/h9-10,12-14H,6-8,11H2,1-5H3,(H,26,29)/t12-,13?,20?/m0/s1. The highest BCUT2D eigenvalue weighted by Gasteiger charge is 2.43. The van der Waals surface area contributed by atoms with Crippen LogP contribution in [0.3, 0.4) is 0 Å². The number of pyridine rings is 1. The lowest BCUT2D eigenvalue weighted by Crippen LogP contribution is -2.60. The number of likely N-dealkylation sites (N-methyl/N-ethyl adjacent to an activating group) is 1. The summed E-state index contributed by atoms with van der Waals surface area (Å²) >= 11 is 0. The summed E-state index contributed by atoms with van der Waals surface area (Å²) in [5, 5.41) is 6.57. The molecule has 1 saturated carbocycles. The number of nitrogens with one attached hydrogen (secondary N) is 1. The van der Waals surface area contributed by atoms with E-state index in [1.165, 1.54) is 19.2 Å². The maximum atomic E-state index is 13.1. The smallest absolute Gasteiger partial charge is 0.425 e. The number of aromatic nitrogens is 1. The van der Waals surface area contributed by atoms with E-state index in [4.69, 9.17) is 9.57 Å². The first-order valence-corrected chi connectivity index (χ1v) is 12.9. The van der Waals surface area contributed by atoms with E-state index < -0.39 is 45.5 Å². The number of ether oxygens (including phenoxy) is 1. The van der Waals surface area contributed by atoms with Crippen LogP contribution in [0.2, 0.25) is 0 Å². The molecule has 3 atom stereocenters. The van der Waals surface area contributed by atoms with E-state index in [1.54, 1.807) is 18.9 Å². The molecule has 2 heterocycles. The van der Waals surface area contributed by atoms with Crippen molar-refractivity contribution >= 4 is 21.6 Å². The Kier molecular flexibility index (Phi) is 7.07. The lowest BCUT2D eigenvalue weighted by atomic mass is 9.80. The summed E-state index contributed by atoms with van der Waals surface area (Å²) in [4.78, 5) is 24.1. The van der Waals surface area contributed by atoms with Gasteiger partial charge in [-0.05, 0) is 39.5 Å². The third-order valence-corrected chi connectivity index (χ3v) is 7.14. The Morgan fingerprint density at radius 2 is 2.03 bits per heavy atom. The van der Waals surface area contributed by atoms with Gasteiger partial charge in [0.25, 0.3) is 5.91 Å². The molecule has 1 aliphatic carbocycles. The number of alkyl halides is 3. The van der Waals surface area contributed by atoms with Crippen LogP contribution >= 0.6 is 0 Å². The molecule has 1 aromatic heterocycles. The van der Waals surface area contributed by atoms with Crippen molar-refractivity contribution in [2.45, 2.75) is 70.0 Å². The second-order valence-corrected chi connectivity index (χ2v) is 11.3. The molecule has 2 unspecified atom stereocenters. The van der Waals surface area contributed by atoms with Crippen LogP contribution in [0.25, 0.3) is 0 Å². The van der Waals surface area contributed by atoms with Gasteiger partial charge >= 0.3 is 6.18 Å². The van der Waals surface area contributed by atoms with Crippen LogP contribution in [0.1, 0.15) is 62.0 Å². The van der Waals surface area contributed by atoms with Crippen LogP contribution in [-0.2, 0) is 14.7 Å². The van der Waals surface area contributed by atoms with E-state index in [0.717, 1.165) is 32.4 Å². The van der Waals surface area contributed by atoms with Crippen molar-refractivity contribution < 1.29 is 36.0 Å². The molecule has 1 fully saturated rings. The lowest BCUT2D eigenvalue weighted by molar-refractivity contribution is -0.189. The zero-order valence-corrected chi connectivity index (χ0v) is 20.5. The number of nitrogens with zero attached hydrogens (tertiary/aromatic N) is 3. The number of halogens is 3. The average molecular weight is 507 g/mol. The summed E-state index contributed by atoms with van der Waals surface area (Å²) in [5.41, 5.74) is -1.18. The Balaban J connectivity index is 1.93. The highest BCUT2D eigenvalue weighted by molar-refractivity contribution is 7.90. The van der Waals surface area contributed by atoms with Gasteiger partial charge in [0.05, 0.1) is 5.75 Å². The summed E-state index contributed by atoms with van der Waals surface area (Å²) < 4.78 is 68.9. The molecule has 0 saturated heterocycles. The molecule has 2 aliphatic rings. The molecule has 0 bridgehead atoms. The topological polar surface area (TPSA) is 110 Å². The first-order chi connectivity index (χ1) is 15.6. The van der Waals surface area contributed by atoms with Crippen LogP contribution in [0.5, 0.6) is 5.75 Å². The molecule has 0 spiro atoms. The second-order valence-electron chi connectivity index (χ2n) is 9.12. The highest BCUT2D eigenvalue weighted by Crippen LogP contribution is 2.41. The monoisotopic (exact) mass is 506 g/mol. The maximum absolute atomic E-state index is 13.1. The number of hydrogen-bond acceptors (Lipinski definition) is 8. The molecule has 0 aromatic carbocycles. The van der Waals surface area contributed by atoms with Crippen molar-refractivity contribution in [1.82, 2.24) is 15.2 Å². The minimum absolute atomic E-state index is 0.00988. The summed E-state index contributed by atoms with van der Waals surface area (Å²) in [6, 6.07) is 1.17. The number of rotatable bonds is 8. The fraction of sp³-hybridized carbons (Fsp3) is 0.667. The summed E-state index contributed by atoms with van der Waals surface area (Å²) in [7, 11) is -1.95. The van der Waals surface area contributed by atoms with Gasteiger partial charge in [-0.15, -0.1) is 0 Å². The molecule has 9 nitrogen and oxygen atoms in total. The predicted molar refractivity (Wildman–Crippen MR) is 118 cm³/mol. The number of amidine groups is 1. The highest BCUT2D eigenvalue weighted by atomic mass is 32.2. The lowest BCUT2D eigenvalue weighted by Gasteiger charge is -2.33. The molecule has 34 heavy (non-hydrogen) atoms. The molecule has 1 aliphatic heterocycles. The van der Waals surface area contributed by atoms with E-state index in [1.807, 2.05) is 0 Å². The SMILES string of the molecule is CC1ON=C(C(C)(CS(C)(=O)=O)NC(=O)c2cc(O[C@@H](C)C(F)(F)F)c(C3CCC3)cn2)N1C. The molecule has 0 radical (unpaired) electrons. The fourth-order valence-corrected chi connectivity index (χ4v) is 5.13. The van der Waals surface area contributed by atoms with Gasteiger partial charge in [0.1, 0.15) is 26.8 Å². The molecule has 3 rings (SSSR count). The van der Waals surface area contributed by atoms with Crippen molar-refractivity contribution in [1.29, 1.82) is 0 Å². The minimum atomic E-state index is -4.58. The molecular weight excluding hydrogens is 477 g/mol. The van der Waals surface area contributed by atoms with Gasteiger partial charge < -0.3 is 19.8 Å². The predicted octanol–water partition coefficient (Wildman–Crippen LogP) is 2.83. The number of oxime groups is 1. The summed E-state index contributed by atoms with van der Waals surface area (Å²) in [6.45, 7) is 4.07. The zero-order valence-electron chi connectivity index (χ0n) is 19.6. The minimum Gasteiger partial charge on any atom is -0.481 e. The van der Waals surface area contributed by atoms with E-state index in [2.05, 4.69) is 15.5 Å². The fourth-order valence-electron chi connectivity index (χ4n) is 3.88. The number of carbonyl (C=O) groups excluding carboxylic acids is 1. The van der Waals surface area contributed by atoms with Gasteiger partial charge in [-0.25, -0.2) is 8.42 Å². The van der Waals surface area contributed by atoms with Crippen molar-refractivity contribution in [3.63, 3.8) is 0 Å². The second kappa shape index (κ2) is 9.23. The van der Waals surface area contributed by atoms with E-state index >= 15 is 0 Å². The molecule has 1 N–H and O–H groups in total. The average Bonchev–Trinajstić information content (AvgIpc) is 2.98. The molecule has 1 aromatic rings. The number of carbonyl (C=O) groups is 1. The number of hydrogen-bond donors (Lipinski definition) is 1. The van der Waals surface area contributed by atoms with E-state index in [-0.39, 0.29) is 23.2 Å². The molecule has 190 valence electrons. The number of sulfone groups is 1. The van der Waals surface area contributed by atoms with Crippen molar-refractivity contribution in [2.24, 2.45) is 5.16 Å². The molecular formula is C21H29F3N4O5S. The molecule has 1 amide bonds. The van der Waals surface area contributed by atoms with E-state index in [0.29, 0.717) is 5.56 Å². The summed E-state index contributed by atoms with van der Waals surface area (Å²) in [5.74, 6) is -1.14. The Bertz CT molecular complexity index is 1070. The van der Waals surface area contributed by atoms with Crippen LogP contribution in [0, 0.1) is 0 Å². The Morgan fingerprint density at radius 3 is 2.50 bits per heavy atom. The summed E-state index contributed by atoms with van der Waals surface area (Å²) in [6.07, 6.45) is -2.24. The Morgan fingerprint density at radius 1 is 1.38 bits per heavy atom. The normalized spacial score (nSPS) is 21.7. The third kappa shape index (κ3) is 5.73. The Hall–Kier alpha value is -2.57. The van der Waals surface area contributed by atoms with Gasteiger partial charge in [0, 0.05) is 31.1 Å². The van der Waals surface area contributed by atoms with Crippen LogP contribution < -0.4 is 10.1 Å². The van der Waals surface area contributed by atoms with Crippen molar-refractivity contribution in [3.8, 4) is 5.75 Å². The van der Waals surface area contributed by atoms with Crippen LogP contribution in [0.15, 0.2) is 17.4 Å². The van der Waals surface area contributed by atoms with Gasteiger partial charge in [-0.3, -0.25) is 9.78 Å². The first-order valence-electron chi connectivity index (χ1n) is 10.8. The first kappa shape index (κ1) is 26.0. The third-order valence-electron chi connectivity index (χ3n) is 6.04.